The fourth-order valence-corrected chi connectivity index (χ4v) is 2.70. The van der Waals surface area contributed by atoms with Gasteiger partial charge in [0.05, 0.1) is 12.0 Å². The van der Waals surface area contributed by atoms with E-state index in [1.807, 2.05) is 13.4 Å². The molecule has 0 radical (unpaired) electrons. The molecule has 0 amide bonds. The van der Waals surface area contributed by atoms with Crippen LogP contribution in [0.5, 0.6) is 0 Å². The van der Waals surface area contributed by atoms with Crippen LogP contribution in [-0.2, 0) is 25.9 Å². The van der Waals surface area contributed by atoms with Gasteiger partial charge in [-0.2, -0.15) is 0 Å². The highest BCUT2D eigenvalue weighted by molar-refractivity contribution is 5.35. The molecule has 1 aromatic carbocycles. The predicted octanol–water partition coefficient (Wildman–Crippen LogP) is 2.14. The average molecular weight is 241 g/mol. The quantitative estimate of drug-likeness (QED) is 0.888. The molecule has 0 saturated heterocycles. The Hall–Kier alpha value is -1.61. The van der Waals surface area contributed by atoms with E-state index in [1.54, 1.807) is 11.1 Å². The average Bonchev–Trinajstić information content (AvgIpc) is 2.98. The van der Waals surface area contributed by atoms with Crippen molar-refractivity contribution in [3.8, 4) is 0 Å². The second-order valence-electron chi connectivity index (χ2n) is 5.02. The fraction of sp³-hybridized carbons (Fsp3) is 0.400. The third-order valence-electron chi connectivity index (χ3n) is 3.57. The van der Waals surface area contributed by atoms with Crippen LogP contribution in [0.4, 0.5) is 0 Å². The van der Waals surface area contributed by atoms with Crippen LogP contribution in [0.1, 0.15) is 28.8 Å². The normalized spacial score (nSPS) is 13.8. The van der Waals surface area contributed by atoms with Crippen molar-refractivity contribution >= 4 is 0 Å². The highest BCUT2D eigenvalue weighted by Crippen LogP contribution is 2.23. The van der Waals surface area contributed by atoms with Crippen LogP contribution in [0.2, 0.25) is 0 Å². The lowest BCUT2D eigenvalue weighted by atomic mass is 10.1. The van der Waals surface area contributed by atoms with Gasteiger partial charge in [0, 0.05) is 19.3 Å². The second-order valence-corrected chi connectivity index (χ2v) is 5.02. The maximum atomic E-state index is 4.38. The molecule has 0 bridgehead atoms. The van der Waals surface area contributed by atoms with Crippen LogP contribution in [0.3, 0.4) is 0 Å². The first-order valence-corrected chi connectivity index (χ1v) is 6.61. The summed E-state index contributed by atoms with van der Waals surface area (Å²) in [5, 5.41) is 3.12. The topological polar surface area (TPSA) is 29.9 Å². The molecule has 0 unspecified atom stereocenters. The lowest BCUT2D eigenvalue weighted by Gasteiger charge is -2.05. The van der Waals surface area contributed by atoms with Crippen LogP contribution >= 0.6 is 0 Å². The van der Waals surface area contributed by atoms with Gasteiger partial charge in [0.1, 0.15) is 0 Å². The van der Waals surface area contributed by atoms with Crippen molar-refractivity contribution < 1.29 is 0 Å². The van der Waals surface area contributed by atoms with Crippen molar-refractivity contribution in [3.63, 3.8) is 0 Å². The Morgan fingerprint density at radius 1 is 1.28 bits per heavy atom. The Labute approximate surface area is 108 Å². The Bertz CT molecular complexity index is 542. The van der Waals surface area contributed by atoms with Gasteiger partial charge in [-0.05, 0) is 43.0 Å². The SMILES string of the molecule is CNCc1cn(Cc2ccc3c(c2)CCC3)cn1. The summed E-state index contributed by atoms with van der Waals surface area (Å²) in [7, 11) is 1.94. The minimum absolute atomic E-state index is 0.831. The largest absolute Gasteiger partial charge is 0.333 e. The molecular formula is C15H19N3. The van der Waals surface area contributed by atoms with Crippen LogP contribution in [0, 0.1) is 0 Å². The smallest absolute Gasteiger partial charge is 0.0953 e. The zero-order valence-electron chi connectivity index (χ0n) is 10.8. The summed E-state index contributed by atoms with van der Waals surface area (Å²) < 4.78 is 2.16. The molecule has 3 rings (SSSR count). The fourth-order valence-electron chi connectivity index (χ4n) is 2.70. The Morgan fingerprint density at radius 2 is 2.17 bits per heavy atom. The molecule has 1 aromatic heterocycles. The molecule has 1 aliphatic carbocycles. The van der Waals surface area contributed by atoms with Crippen molar-refractivity contribution in [3.05, 3.63) is 53.1 Å². The van der Waals surface area contributed by atoms with E-state index < -0.39 is 0 Å². The van der Waals surface area contributed by atoms with E-state index >= 15 is 0 Å². The van der Waals surface area contributed by atoms with E-state index in [0.717, 1.165) is 18.8 Å². The van der Waals surface area contributed by atoms with Crippen LogP contribution in [0.15, 0.2) is 30.7 Å². The molecule has 1 aliphatic rings. The number of rotatable bonds is 4. The minimum atomic E-state index is 0.831. The Kier molecular flexibility index (Phi) is 3.15. The van der Waals surface area contributed by atoms with Crippen LogP contribution in [-0.4, -0.2) is 16.6 Å². The van der Waals surface area contributed by atoms with E-state index in [4.69, 9.17) is 0 Å². The maximum absolute atomic E-state index is 4.38. The van der Waals surface area contributed by atoms with E-state index in [-0.39, 0.29) is 0 Å². The molecule has 0 saturated carbocycles. The highest BCUT2D eigenvalue weighted by atomic mass is 15.0. The van der Waals surface area contributed by atoms with Gasteiger partial charge in [-0.25, -0.2) is 4.98 Å². The van der Waals surface area contributed by atoms with Crippen molar-refractivity contribution in [1.82, 2.24) is 14.9 Å². The Balaban J connectivity index is 1.75. The molecular weight excluding hydrogens is 222 g/mol. The number of fused-ring (bicyclic) bond motifs is 1. The number of benzene rings is 1. The van der Waals surface area contributed by atoms with Gasteiger partial charge < -0.3 is 9.88 Å². The Morgan fingerprint density at radius 3 is 3.06 bits per heavy atom. The van der Waals surface area contributed by atoms with E-state index in [1.165, 1.54) is 24.8 Å². The van der Waals surface area contributed by atoms with Gasteiger partial charge in [-0.1, -0.05) is 18.2 Å². The molecule has 2 aromatic rings. The molecule has 1 N–H and O–H groups in total. The summed E-state index contributed by atoms with van der Waals surface area (Å²) in [6, 6.07) is 6.91. The molecule has 0 atom stereocenters. The summed E-state index contributed by atoms with van der Waals surface area (Å²) in [5.74, 6) is 0. The minimum Gasteiger partial charge on any atom is -0.333 e. The van der Waals surface area contributed by atoms with Crippen LogP contribution < -0.4 is 5.32 Å². The molecule has 0 aliphatic heterocycles. The lowest BCUT2D eigenvalue weighted by molar-refractivity contribution is 0.781. The number of aryl methyl sites for hydroxylation is 2. The molecule has 94 valence electrons. The molecule has 18 heavy (non-hydrogen) atoms. The number of nitrogens with one attached hydrogen (secondary N) is 1. The summed E-state index contributed by atoms with van der Waals surface area (Å²) in [5.41, 5.74) is 5.56. The summed E-state index contributed by atoms with van der Waals surface area (Å²) in [6.07, 6.45) is 7.85. The standard InChI is InChI=1S/C15H19N3/c1-16-8-15-10-18(11-17-15)9-12-5-6-13-3-2-4-14(13)7-12/h5-7,10-11,16H,2-4,8-9H2,1H3. The maximum Gasteiger partial charge on any atom is 0.0953 e. The molecule has 0 spiro atoms. The van der Waals surface area contributed by atoms with Gasteiger partial charge in [0.2, 0.25) is 0 Å². The van der Waals surface area contributed by atoms with Crippen molar-refractivity contribution in [1.29, 1.82) is 0 Å². The molecule has 3 heteroatoms. The monoisotopic (exact) mass is 241 g/mol. The first-order chi connectivity index (χ1) is 8.85. The zero-order valence-corrected chi connectivity index (χ0v) is 10.8. The van der Waals surface area contributed by atoms with E-state index in [0.29, 0.717) is 0 Å². The lowest BCUT2D eigenvalue weighted by Crippen LogP contribution is -2.05. The van der Waals surface area contributed by atoms with Crippen molar-refractivity contribution in [2.75, 3.05) is 7.05 Å². The van der Waals surface area contributed by atoms with Gasteiger partial charge in [0.15, 0.2) is 0 Å². The predicted molar refractivity (Wildman–Crippen MR) is 72.6 cm³/mol. The number of hydrogen-bond donors (Lipinski definition) is 1. The van der Waals surface area contributed by atoms with Gasteiger partial charge in [-0.3, -0.25) is 0 Å². The van der Waals surface area contributed by atoms with Crippen molar-refractivity contribution in [2.24, 2.45) is 0 Å². The first-order valence-electron chi connectivity index (χ1n) is 6.61. The number of imidazole rings is 1. The third-order valence-corrected chi connectivity index (χ3v) is 3.57. The summed E-state index contributed by atoms with van der Waals surface area (Å²) in [6.45, 7) is 1.75. The first kappa shape index (κ1) is 11.5. The zero-order chi connectivity index (χ0) is 12.4. The number of hydrogen-bond acceptors (Lipinski definition) is 2. The third kappa shape index (κ3) is 2.31. The molecule has 1 heterocycles. The number of aromatic nitrogens is 2. The van der Waals surface area contributed by atoms with Crippen molar-refractivity contribution in [2.45, 2.75) is 32.4 Å². The molecule has 3 nitrogen and oxygen atoms in total. The molecule has 0 fully saturated rings. The van der Waals surface area contributed by atoms with E-state index in [9.17, 15) is 0 Å². The van der Waals surface area contributed by atoms with E-state index in [2.05, 4.69) is 39.3 Å². The second kappa shape index (κ2) is 4.94. The van der Waals surface area contributed by atoms with Gasteiger partial charge >= 0.3 is 0 Å². The number of nitrogens with zero attached hydrogens (tertiary/aromatic N) is 2. The summed E-state index contributed by atoms with van der Waals surface area (Å²) >= 11 is 0. The van der Waals surface area contributed by atoms with Gasteiger partial charge in [-0.15, -0.1) is 0 Å². The summed E-state index contributed by atoms with van der Waals surface area (Å²) in [4.78, 5) is 4.38. The highest BCUT2D eigenvalue weighted by Gasteiger charge is 2.10. The van der Waals surface area contributed by atoms with Crippen LogP contribution in [0.25, 0.3) is 0 Å². The van der Waals surface area contributed by atoms with Gasteiger partial charge in [0.25, 0.3) is 0 Å².